The molecule has 76 valence electrons. The van der Waals surface area contributed by atoms with E-state index >= 15 is 0 Å². The Labute approximate surface area is 84.4 Å². The summed E-state index contributed by atoms with van der Waals surface area (Å²) >= 11 is 0. The zero-order chi connectivity index (χ0) is 10.8. The highest BCUT2D eigenvalue weighted by atomic mass is 16.1. The van der Waals surface area contributed by atoms with Crippen LogP contribution >= 0.6 is 0 Å². The third-order valence-corrected chi connectivity index (χ3v) is 1.92. The van der Waals surface area contributed by atoms with Gasteiger partial charge in [0.1, 0.15) is 0 Å². The number of carbonyl (C=O) groups is 1. The lowest BCUT2D eigenvalue weighted by molar-refractivity contribution is -0.117. The first kappa shape index (κ1) is 9.32. The van der Waals surface area contributed by atoms with Gasteiger partial charge in [0.15, 0.2) is 0 Å². The molecular weight excluding hydrogens is 196 g/mol. The fourth-order valence-corrected chi connectivity index (χ4v) is 1.27. The molecule has 0 atom stereocenters. The third kappa shape index (κ3) is 1.69. The number of hydrogen-bond donors (Lipinski definition) is 1. The molecule has 2 heterocycles. The van der Waals surface area contributed by atoms with Crippen LogP contribution in [0.25, 0.3) is 5.78 Å². The second-order valence-corrected chi connectivity index (χ2v) is 3.02. The van der Waals surface area contributed by atoms with E-state index in [0.717, 1.165) is 0 Å². The van der Waals surface area contributed by atoms with Crippen molar-refractivity contribution in [1.29, 1.82) is 0 Å². The summed E-state index contributed by atoms with van der Waals surface area (Å²) in [6, 6.07) is 1.62. The molecule has 0 aliphatic rings. The predicted molar refractivity (Wildman–Crippen MR) is 52.2 cm³/mol. The van der Waals surface area contributed by atoms with Crippen molar-refractivity contribution in [1.82, 2.24) is 14.4 Å². The van der Waals surface area contributed by atoms with Crippen LogP contribution in [0.1, 0.15) is 5.56 Å². The molecule has 0 saturated carbocycles. The van der Waals surface area contributed by atoms with Gasteiger partial charge in [0.05, 0.1) is 6.42 Å². The number of carbonyl (C=O) groups excluding carboxylic acids is 1. The Morgan fingerprint density at radius 1 is 1.47 bits per heavy atom. The van der Waals surface area contributed by atoms with E-state index in [1.807, 2.05) is 0 Å². The highest BCUT2D eigenvalue weighted by Gasteiger charge is 2.07. The monoisotopic (exact) mass is 204 g/mol. The summed E-state index contributed by atoms with van der Waals surface area (Å²) in [6.45, 7) is 0. The maximum Gasteiger partial charge on any atom is 0.262 e. The minimum atomic E-state index is -0.558. The third-order valence-electron chi connectivity index (χ3n) is 1.92. The van der Waals surface area contributed by atoms with Crippen molar-refractivity contribution in [2.75, 3.05) is 0 Å². The van der Waals surface area contributed by atoms with Gasteiger partial charge in [-0.15, -0.1) is 0 Å². The Hall–Kier alpha value is -2.24. The van der Waals surface area contributed by atoms with E-state index in [1.165, 1.54) is 16.8 Å². The lowest BCUT2D eigenvalue weighted by atomic mass is 10.2. The standard InChI is InChI=1S/C9H8N4O2/c10-7(14)4-6-5-12-9-11-2-1-3-13(9)8(6)15/h1-3,5H,4H2,(H2,10,14). The number of nitrogens with two attached hydrogens (primary N) is 1. The Balaban J connectivity index is 2.65. The van der Waals surface area contributed by atoms with E-state index in [-0.39, 0.29) is 17.5 Å². The fraction of sp³-hybridized carbons (Fsp3) is 0.111. The molecule has 0 fully saturated rings. The van der Waals surface area contributed by atoms with Crippen LogP contribution in [-0.2, 0) is 11.2 Å². The molecule has 0 bridgehead atoms. The normalized spacial score (nSPS) is 10.4. The van der Waals surface area contributed by atoms with E-state index in [4.69, 9.17) is 5.73 Å². The summed E-state index contributed by atoms with van der Waals surface area (Å²) in [7, 11) is 0. The second kappa shape index (κ2) is 3.49. The van der Waals surface area contributed by atoms with E-state index in [2.05, 4.69) is 9.97 Å². The molecule has 2 aromatic heterocycles. The quantitative estimate of drug-likeness (QED) is 0.687. The Kier molecular flexibility index (Phi) is 2.17. The molecule has 0 radical (unpaired) electrons. The van der Waals surface area contributed by atoms with Gasteiger partial charge in [-0.3, -0.25) is 14.0 Å². The summed E-state index contributed by atoms with van der Waals surface area (Å²) in [6.07, 6.45) is 4.30. The Bertz CT molecular complexity index is 576. The van der Waals surface area contributed by atoms with Crippen LogP contribution in [0.5, 0.6) is 0 Å². The van der Waals surface area contributed by atoms with Gasteiger partial charge in [-0.25, -0.2) is 9.97 Å². The lowest BCUT2D eigenvalue weighted by Crippen LogP contribution is -2.24. The maximum atomic E-state index is 11.7. The van der Waals surface area contributed by atoms with Crippen LogP contribution in [0.4, 0.5) is 0 Å². The molecule has 0 saturated heterocycles. The first-order valence-corrected chi connectivity index (χ1v) is 4.28. The highest BCUT2D eigenvalue weighted by Crippen LogP contribution is 1.94. The summed E-state index contributed by atoms with van der Waals surface area (Å²) < 4.78 is 1.28. The van der Waals surface area contributed by atoms with Crippen molar-refractivity contribution >= 4 is 11.7 Å². The minimum Gasteiger partial charge on any atom is -0.369 e. The molecule has 0 aliphatic heterocycles. The molecule has 6 nitrogen and oxygen atoms in total. The lowest BCUT2D eigenvalue weighted by Gasteiger charge is -2.00. The number of rotatable bonds is 2. The van der Waals surface area contributed by atoms with Crippen LogP contribution in [0.3, 0.4) is 0 Å². The molecule has 2 rings (SSSR count). The van der Waals surface area contributed by atoms with E-state index in [1.54, 1.807) is 12.3 Å². The van der Waals surface area contributed by atoms with Gasteiger partial charge in [0, 0.05) is 24.2 Å². The van der Waals surface area contributed by atoms with Gasteiger partial charge in [0.2, 0.25) is 11.7 Å². The average Bonchev–Trinajstić information content (AvgIpc) is 2.22. The fourth-order valence-electron chi connectivity index (χ4n) is 1.27. The zero-order valence-electron chi connectivity index (χ0n) is 7.75. The highest BCUT2D eigenvalue weighted by molar-refractivity contribution is 5.76. The molecule has 1 amide bonds. The van der Waals surface area contributed by atoms with Gasteiger partial charge in [-0.2, -0.15) is 0 Å². The number of fused-ring (bicyclic) bond motifs is 1. The second-order valence-electron chi connectivity index (χ2n) is 3.02. The molecule has 0 aromatic carbocycles. The molecule has 0 spiro atoms. The van der Waals surface area contributed by atoms with Crippen molar-refractivity contribution in [3.63, 3.8) is 0 Å². The van der Waals surface area contributed by atoms with Crippen molar-refractivity contribution in [2.45, 2.75) is 6.42 Å². The average molecular weight is 204 g/mol. The first-order valence-electron chi connectivity index (χ1n) is 4.28. The Morgan fingerprint density at radius 3 is 3.00 bits per heavy atom. The molecule has 0 aliphatic carbocycles. The predicted octanol–water partition coefficient (Wildman–Crippen LogP) is -0.883. The largest absolute Gasteiger partial charge is 0.369 e. The van der Waals surface area contributed by atoms with Crippen molar-refractivity contribution in [3.05, 3.63) is 40.6 Å². The topological polar surface area (TPSA) is 90.3 Å². The smallest absolute Gasteiger partial charge is 0.262 e. The van der Waals surface area contributed by atoms with Crippen LogP contribution in [-0.4, -0.2) is 20.3 Å². The van der Waals surface area contributed by atoms with Crippen molar-refractivity contribution in [2.24, 2.45) is 5.73 Å². The van der Waals surface area contributed by atoms with Crippen molar-refractivity contribution < 1.29 is 4.79 Å². The Morgan fingerprint density at radius 2 is 2.27 bits per heavy atom. The summed E-state index contributed by atoms with van der Waals surface area (Å²) in [4.78, 5) is 30.3. The van der Waals surface area contributed by atoms with E-state index < -0.39 is 5.91 Å². The molecule has 6 heteroatoms. The molecule has 2 aromatic rings. The minimum absolute atomic E-state index is 0.107. The van der Waals surface area contributed by atoms with E-state index in [0.29, 0.717) is 5.78 Å². The van der Waals surface area contributed by atoms with Gasteiger partial charge in [0.25, 0.3) is 5.56 Å². The number of nitrogens with zero attached hydrogens (tertiary/aromatic N) is 3. The summed E-state index contributed by atoms with van der Waals surface area (Å²) in [5.41, 5.74) is 4.97. The number of primary amides is 1. The number of aromatic nitrogens is 3. The van der Waals surface area contributed by atoms with Crippen LogP contribution < -0.4 is 11.3 Å². The number of hydrogen-bond acceptors (Lipinski definition) is 4. The van der Waals surface area contributed by atoms with Gasteiger partial charge >= 0.3 is 0 Å². The van der Waals surface area contributed by atoms with Gasteiger partial charge < -0.3 is 5.73 Å². The first-order chi connectivity index (χ1) is 7.18. The summed E-state index contributed by atoms with van der Waals surface area (Å²) in [5.74, 6) is -0.256. The SMILES string of the molecule is NC(=O)Cc1cnc2ncccn2c1=O. The van der Waals surface area contributed by atoms with Gasteiger partial charge in [-0.05, 0) is 6.07 Å². The molecule has 2 N–H and O–H groups in total. The molecular formula is C9H8N4O2. The summed E-state index contributed by atoms with van der Waals surface area (Å²) in [5, 5.41) is 0. The zero-order valence-corrected chi connectivity index (χ0v) is 7.75. The van der Waals surface area contributed by atoms with Crippen LogP contribution in [0.2, 0.25) is 0 Å². The molecule has 0 unspecified atom stereocenters. The number of amides is 1. The van der Waals surface area contributed by atoms with Crippen LogP contribution in [0.15, 0.2) is 29.5 Å². The van der Waals surface area contributed by atoms with E-state index in [9.17, 15) is 9.59 Å². The molecule has 15 heavy (non-hydrogen) atoms. The van der Waals surface area contributed by atoms with Crippen LogP contribution in [0, 0.1) is 0 Å². The maximum absolute atomic E-state index is 11.7. The van der Waals surface area contributed by atoms with Gasteiger partial charge in [-0.1, -0.05) is 0 Å². The van der Waals surface area contributed by atoms with Crippen molar-refractivity contribution in [3.8, 4) is 0 Å².